The van der Waals surface area contributed by atoms with Gasteiger partial charge in [-0.1, -0.05) is 6.92 Å². The number of hydrogen-bond donors (Lipinski definition) is 1. The van der Waals surface area contributed by atoms with Crippen LogP contribution in [-0.2, 0) is 4.74 Å². The minimum atomic E-state index is 0.480. The maximum Gasteiger partial charge on any atom is 0.142 e. The number of anilines is 2. The average Bonchev–Trinajstić information content (AvgIpc) is 2.61. The highest BCUT2D eigenvalue weighted by atomic mass is 32.1. The molecular weight excluding hydrogens is 222 g/mol. The van der Waals surface area contributed by atoms with Crippen LogP contribution < -0.4 is 10.6 Å². The molecule has 1 unspecified atom stereocenters. The lowest BCUT2D eigenvalue weighted by atomic mass is 10.2. The first kappa shape index (κ1) is 13.3. The van der Waals surface area contributed by atoms with Gasteiger partial charge in [-0.3, -0.25) is 0 Å². The standard InChI is InChI=1S/C11H21N3OS/c1-5-8(2)14(6-7-15-4)11-9(3)10(12)13-16-11/h8H,5-7H2,1-4H3,(H2,12,13). The fourth-order valence-electron chi connectivity index (χ4n) is 1.54. The molecule has 0 aliphatic heterocycles. The number of nitrogen functional groups attached to an aromatic ring is 1. The molecule has 5 heteroatoms. The number of rotatable bonds is 6. The van der Waals surface area contributed by atoms with Gasteiger partial charge in [-0.15, -0.1) is 0 Å². The highest BCUT2D eigenvalue weighted by Crippen LogP contribution is 2.31. The minimum absolute atomic E-state index is 0.480. The van der Waals surface area contributed by atoms with Gasteiger partial charge < -0.3 is 15.4 Å². The molecule has 16 heavy (non-hydrogen) atoms. The van der Waals surface area contributed by atoms with E-state index >= 15 is 0 Å². The van der Waals surface area contributed by atoms with Crippen molar-refractivity contribution in [2.24, 2.45) is 0 Å². The number of ether oxygens (including phenoxy) is 1. The Bertz CT molecular complexity index is 327. The summed E-state index contributed by atoms with van der Waals surface area (Å²) >= 11 is 1.47. The van der Waals surface area contributed by atoms with Gasteiger partial charge in [0.05, 0.1) is 6.61 Å². The Morgan fingerprint density at radius 1 is 1.56 bits per heavy atom. The monoisotopic (exact) mass is 243 g/mol. The summed E-state index contributed by atoms with van der Waals surface area (Å²) in [4.78, 5) is 2.33. The fourth-order valence-corrected chi connectivity index (χ4v) is 2.48. The second-order valence-corrected chi connectivity index (χ2v) is 4.69. The maximum atomic E-state index is 5.79. The summed E-state index contributed by atoms with van der Waals surface area (Å²) in [5.74, 6) is 0.644. The van der Waals surface area contributed by atoms with Crippen molar-refractivity contribution in [2.75, 3.05) is 30.9 Å². The van der Waals surface area contributed by atoms with Gasteiger partial charge >= 0.3 is 0 Å². The summed E-state index contributed by atoms with van der Waals surface area (Å²) in [6, 6.07) is 0.480. The largest absolute Gasteiger partial charge is 0.383 e. The van der Waals surface area contributed by atoms with Crippen molar-refractivity contribution < 1.29 is 4.74 Å². The lowest BCUT2D eigenvalue weighted by Crippen LogP contribution is -2.35. The number of aromatic nitrogens is 1. The summed E-state index contributed by atoms with van der Waals surface area (Å²) in [7, 11) is 1.72. The van der Waals surface area contributed by atoms with Crippen molar-refractivity contribution in [1.82, 2.24) is 4.37 Å². The van der Waals surface area contributed by atoms with E-state index in [1.165, 1.54) is 16.5 Å². The summed E-state index contributed by atoms with van der Waals surface area (Å²) in [6.45, 7) is 8.03. The molecule has 1 rings (SSSR count). The molecule has 0 aliphatic carbocycles. The summed E-state index contributed by atoms with van der Waals surface area (Å²) in [5.41, 5.74) is 6.87. The summed E-state index contributed by atoms with van der Waals surface area (Å²) in [5, 5.41) is 1.17. The smallest absolute Gasteiger partial charge is 0.142 e. The number of hydrogen-bond acceptors (Lipinski definition) is 5. The SMILES string of the molecule is CCC(C)N(CCOC)c1snc(N)c1C. The average molecular weight is 243 g/mol. The Hall–Kier alpha value is -0.810. The third kappa shape index (κ3) is 2.86. The van der Waals surface area contributed by atoms with Crippen LogP contribution in [0.3, 0.4) is 0 Å². The predicted octanol–water partition coefficient (Wildman–Crippen LogP) is 2.29. The van der Waals surface area contributed by atoms with Crippen molar-refractivity contribution in [3.05, 3.63) is 5.56 Å². The van der Waals surface area contributed by atoms with Gasteiger partial charge in [0.1, 0.15) is 10.8 Å². The van der Waals surface area contributed by atoms with Crippen LogP contribution in [0.2, 0.25) is 0 Å². The third-order valence-electron chi connectivity index (χ3n) is 2.86. The van der Waals surface area contributed by atoms with E-state index in [-0.39, 0.29) is 0 Å². The molecular formula is C11H21N3OS. The van der Waals surface area contributed by atoms with Crippen LogP contribution in [0.1, 0.15) is 25.8 Å². The molecule has 0 aromatic carbocycles. The molecule has 0 aliphatic rings. The molecule has 1 aromatic heterocycles. The molecule has 0 amide bonds. The van der Waals surface area contributed by atoms with E-state index < -0.39 is 0 Å². The second kappa shape index (κ2) is 6.06. The van der Waals surface area contributed by atoms with Crippen LogP contribution in [0.15, 0.2) is 0 Å². The van der Waals surface area contributed by atoms with Crippen LogP contribution in [0.25, 0.3) is 0 Å². The Balaban J connectivity index is 2.87. The van der Waals surface area contributed by atoms with E-state index in [1.807, 2.05) is 6.92 Å². The quantitative estimate of drug-likeness (QED) is 0.833. The van der Waals surface area contributed by atoms with Crippen LogP contribution in [0, 0.1) is 6.92 Å². The van der Waals surface area contributed by atoms with E-state index in [4.69, 9.17) is 10.5 Å². The first-order chi connectivity index (χ1) is 7.61. The Kier molecular flexibility index (Phi) is 5.02. The van der Waals surface area contributed by atoms with E-state index in [2.05, 4.69) is 23.1 Å². The molecule has 1 atom stereocenters. The molecule has 4 nitrogen and oxygen atoms in total. The molecule has 0 saturated carbocycles. The van der Waals surface area contributed by atoms with Crippen LogP contribution >= 0.6 is 11.5 Å². The van der Waals surface area contributed by atoms with Crippen molar-refractivity contribution in [3.63, 3.8) is 0 Å². The Morgan fingerprint density at radius 2 is 2.25 bits per heavy atom. The third-order valence-corrected chi connectivity index (χ3v) is 3.86. The van der Waals surface area contributed by atoms with E-state index in [1.54, 1.807) is 7.11 Å². The van der Waals surface area contributed by atoms with E-state index in [9.17, 15) is 0 Å². The zero-order chi connectivity index (χ0) is 12.1. The number of nitrogens with two attached hydrogens (primary N) is 1. The van der Waals surface area contributed by atoms with Crippen molar-refractivity contribution in [1.29, 1.82) is 0 Å². The van der Waals surface area contributed by atoms with E-state index in [0.717, 1.165) is 25.1 Å². The second-order valence-electron chi connectivity index (χ2n) is 3.94. The van der Waals surface area contributed by atoms with Gasteiger partial charge in [-0.05, 0) is 31.8 Å². The van der Waals surface area contributed by atoms with Crippen molar-refractivity contribution >= 4 is 22.4 Å². The first-order valence-electron chi connectivity index (χ1n) is 5.59. The zero-order valence-electron chi connectivity index (χ0n) is 10.5. The topological polar surface area (TPSA) is 51.4 Å². The molecule has 2 N–H and O–H groups in total. The maximum absolute atomic E-state index is 5.79. The molecule has 0 radical (unpaired) electrons. The Labute approximate surface area is 102 Å². The van der Waals surface area contributed by atoms with Gasteiger partial charge in [0.15, 0.2) is 0 Å². The molecule has 0 saturated heterocycles. The summed E-state index contributed by atoms with van der Waals surface area (Å²) in [6.07, 6.45) is 1.10. The molecule has 1 heterocycles. The molecule has 0 fully saturated rings. The summed E-state index contributed by atoms with van der Waals surface area (Å²) < 4.78 is 9.35. The highest BCUT2D eigenvalue weighted by molar-refractivity contribution is 7.10. The van der Waals surface area contributed by atoms with Crippen LogP contribution in [-0.4, -0.2) is 30.7 Å². The van der Waals surface area contributed by atoms with Crippen molar-refractivity contribution in [3.8, 4) is 0 Å². The van der Waals surface area contributed by atoms with Crippen molar-refractivity contribution in [2.45, 2.75) is 33.2 Å². The molecule has 0 spiro atoms. The van der Waals surface area contributed by atoms with Gasteiger partial charge in [0.2, 0.25) is 0 Å². The van der Waals surface area contributed by atoms with Crippen LogP contribution in [0.4, 0.5) is 10.8 Å². The molecule has 1 aromatic rings. The zero-order valence-corrected chi connectivity index (χ0v) is 11.3. The van der Waals surface area contributed by atoms with Gasteiger partial charge in [0.25, 0.3) is 0 Å². The Morgan fingerprint density at radius 3 is 2.69 bits per heavy atom. The minimum Gasteiger partial charge on any atom is -0.383 e. The van der Waals surface area contributed by atoms with E-state index in [0.29, 0.717) is 11.9 Å². The normalized spacial score (nSPS) is 12.8. The van der Waals surface area contributed by atoms with Crippen LogP contribution in [0.5, 0.6) is 0 Å². The molecule has 0 bridgehead atoms. The predicted molar refractivity (Wildman–Crippen MR) is 70.2 cm³/mol. The lowest BCUT2D eigenvalue weighted by molar-refractivity contribution is 0.203. The number of methoxy groups -OCH3 is 1. The fraction of sp³-hybridized carbons (Fsp3) is 0.727. The number of nitrogens with zero attached hydrogens (tertiary/aromatic N) is 2. The van der Waals surface area contributed by atoms with Gasteiger partial charge in [-0.2, -0.15) is 4.37 Å². The highest BCUT2D eigenvalue weighted by Gasteiger charge is 2.18. The first-order valence-corrected chi connectivity index (χ1v) is 6.36. The van der Waals surface area contributed by atoms with Gasteiger partial charge in [0, 0.05) is 25.3 Å². The van der Waals surface area contributed by atoms with Gasteiger partial charge in [-0.25, -0.2) is 0 Å². The lowest BCUT2D eigenvalue weighted by Gasteiger charge is -2.29. The molecule has 92 valence electrons.